The highest BCUT2D eigenvalue weighted by atomic mass is 32.2. The van der Waals surface area contributed by atoms with Crippen molar-refractivity contribution in [2.45, 2.75) is 25.2 Å². The standard InChI is InChI=1S/C13H19NS/c1-11-4-2-3-5-12(11)13(10-14)6-8-15-9-7-13/h2-5H,6-10,14H2,1H3. The Labute approximate surface area is 96.4 Å². The Morgan fingerprint density at radius 3 is 2.53 bits per heavy atom. The topological polar surface area (TPSA) is 26.0 Å². The highest BCUT2D eigenvalue weighted by Gasteiger charge is 2.33. The van der Waals surface area contributed by atoms with Crippen LogP contribution in [0.4, 0.5) is 0 Å². The number of thioether (sulfide) groups is 1. The quantitative estimate of drug-likeness (QED) is 0.831. The fourth-order valence-electron chi connectivity index (χ4n) is 2.51. The van der Waals surface area contributed by atoms with Gasteiger partial charge in [-0.3, -0.25) is 0 Å². The van der Waals surface area contributed by atoms with Gasteiger partial charge in [0.15, 0.2) is 0 Å². The number of aryl methyl sites for hydroxylation is 1. The van der Waals surface area contributed by atoms with Gasteiger partial charge in [0.2, 0.25) is 0 Å². The van der Waals surface area contributed by atoms with E-state index in [2.05, 4.69) is 43.0 Å². The molecule has 15 heavy (non-hydrogen) atoms. The lowest BCUT2D eigenvalue weighted by molar-refractivity contribution is 0.403. The van der Waals surface area contributed by atoms with E-state index < -0.39 is 0 Å². The van der Waals surface area contributed by atoms with Crippen LogP contribution in [0.3, 0.4) is 0 Å². The van der Waals surface area contributed by atoms with E-state index in [0.717, 1.165) is 6.54 Å². The number of nitrogens with two attached hydrogens (primary N) is 1. The lowest BCUT2D eigenvalue weighted by atomic mass is 9.74. The second-order valence-electron chi connectivity index (χ2n) is 4.41. The minimum absolute atomic E-state index is 0.261. The average molecular weight is 221 g/mol. The molecule has 0 amide bonds. The molecule has 2 N–H and O–H groups in total. The van der Waals surface area contributed by atoms with Crippen LogP contribution in [0.15, 0.2) is 24.3 Å². The second kappa shape index (κ2) is 4.58. The van der Waals surface area contributed by atoms with Gasteiger partial charge in [0.05, 0.1) is 0 Å². The van der Waals surface area contributed by atoms with E-state index in [9.17, 15) is 0 Å². The van der Waals surface area contributed by atoms with Gasteiger partial charge in [0, 0.05) is 12.0 Å². The first-order valence-electron chi connectivity index (χ1n) is 5.62. The van der Waals surface area contributed by atoms with Crippen molar-refractivity contribution in [3.05, 3.63) is 35.4 Å². The van der Waals surface area contributed by atoms with Crippen molar-refractivity contribution < 1.29 is 0 Å². The first-order valence-corrected chi connectivity index (χ1v) is 6.78. The van der Waals surface area contributed by atoms with Gasteiger partial charge in [-0.25, -0.2) is 0 Å². The molecule has 1 saturated heterocycles. The third-order valence-corrected chi connectivity index (χ3v) is 4.54. The van der Waals surface area contributed by atoms with Crippen molar-refractivity contribution >= 4 is 11.8 Å². The molecule has 0 bridgehead atoms. The van der Waals surface area contributed by atoms with Crippen LogP contribution in [0.1, 0.15) is 24.0 Å². The van der Waals surface area contributed by atoms with E-state index in [-0.39, 0.29) is 5.41 Å². The van der Waals surface area contributed by atoms with Crippen molar-refractivity contribution in [1.82, 2.24) is 0 Å². The fraction of sp³-hybridized carbons (Fsp3) is 0.538. The Bertz CT molecular complexity index is 329. The van der Waals surface area contributed by atoms with Crippen LogP contribution in [0.25, 0.3) is 0 Å². The number of hydrogen-bond acceptors (Lipinski definition) is 2. The molecule has 0 spiro atoms. The summed E-state index contributed by atoms with van der Waals surface area (Å²) in [6.45, 7) is 2.99. The first kappa shape index (κ1) is 11.0. The zero-order valence-electron chi connectivity index (χ0n) is 9.33. The largest absolute Gasteiger partial charge is 0.330 e. The molecule has 0 radical (unpaired) electrons. The Morgan fingerprint density at radius 1 is 1.27 bits per heavy atom. The second-order valence-corrected chi connectivity index (χ2v) is 5.64. The van der Waals surface area contributed by atoms with Gasteiger partial charge in [-0.2, -0.15) is 11.8 Å². The summed E-state index contributed by atoms with van der Waals surface area (Å²) in [5.41, 5.74) is 9.17. The number of hydrogen-bond donors (Lipinski definition) is 1. The molecule has 2 heteroatoms. The molecule has 1 nitrogen and oxygen atoms in total. The van der Waals surface area contributed by atoms with Gasteiger partial charge in [0.25, 0.3) is 0 Å². The van der Waals surface area contributed by atoms with Crippen LogP contribution in [0.5, 0.6) is 0 Å². The minimum Gasteiger partial charge on any atom is -0.330 e. The van der Waals surface area contributed by atoms with E-state index in [1.165, 1.54) is 35.5 Å². The summed E-state index contributed by atoms with van der Waals surface area (Å²) in [5, 5.41) is 0. The van der Waals surface area contributed by atoms with Crippen LogP contribution >= 0.6 is 11.8 Å². The smallest absolute Gasteiger partial charge is 0.00938 e. The summed E-state index contributed by atoms with van der Waals surface area (Å²) in [4.78, 5) is 0. The highest BCUT2D eigenvalue weighted by Crippen LogP contribution is 2.38. The summed E-state index contributed by atoms with van der Waals surface area (Å²) in [5.74, 6) is 2.51. The lowest BCUT2D eigenvalue weighted by Crippen LogP contribution is -2.39. The van der Waals surface area contributed by atoms with Crippen molar-refractivity contribution in [2.24, 2.45) is 5.73 Å². The van der Waals surface area contributed by atoms with Crippen LogP contribution in [0.2, 0.25) is 0 Å². The maximum atomic E-state index is 6.03. The van der Waals surface area contributed by atoms with E-state index >= 15 is 0 Å². The molecule has 1 aromatic carbocycles. The molecule has 1 aliphatic heterocycles. The normalized spacial score (nSPS) is 20.1. The Hall–Kier alpha value is -0.470. The molecule has 0 atom stereocenters. The van der Waals surface area contributed by atoms with E-state index in [1.54, 1.807) is 0 Å². The van der Waals surface area contributed by atoms with E-state index in [4.69, 9.17) is 5.73 Å². The first-order chi connectivity index (χ1) is 7.28. The van der Waals surface area contributed by atoms with Gasteiger partial charge in [-0.1, -0.05) is 24.3 Å². The average Bonchev–Trinajstić information content (AvgIpc) is 2.30. The van der Waals surface area contributed by atoms with E-state index in [0.29, 0.717) is 0 Å². The van der Waals surface area contributed by atoms with Crippen LogP contribution in [0, 0.1) is 6.92 Å². The molecule has 0 aromatic heterocycles. The van der Waals surface area contributed by atoms with Gasteiger partial charge >= 0.3 is 0 Å². The van der Waals surface area contributed by atoms with Crippen molar-refractivity contribution in [1.29, 1.82) is 0 Å². The molecular formula is C13H19NS. The molecular weight excluding hydrogens is 202 g/mol. The minimum atomic E-state index is 0.261. The molecule has 1 heterocycles. The Balaban J connectivity index is 2.36. The molecule has 82 valence electrons. The molecule has 1 fully saturated rings. The van der Waals surface area contributed by atoms with Gasteiger partial charge in [0.1, 0.15) is 0 Å². The predicted molar refractivity (Wildman–Crippen MR) is 68.5 cm³/mol. The lowest BCUT2D eigenvalue weighted by Gasteiger charge is -2.37. The zero-order chi connectivity index (χ0) is 10.7. The third kappa shape index (κ3) is 2.06. The maximum absolute atomic E-state index is 6.03. The molecule has 0 saturated carbocycles. The molecule has 1 aliphatic rings. The fourth-order valence-corrected chi connectivity index (χ4v) is 3.79. The van der Waals surface area contributed by atoms with Crippen molar-refractivity contribution in [3.8, 4) is 0 Å². The molecule has 0 unspecified atom stereocenters. The number of benzene rings is 1. The van der Waals surface area contributed by atoms with Crippen LogP contribution < -0.4 is 5.73 Å². The predicted octanol–water partition coefficient (Wildman–Crippen LogP) is 2.72. The highest BCUT2D eigenvalue weighted by molar-refractivity contribution is 7.99. The summed E-state index contributed by atoms with van der Waals surface area (Å²) in [6.07, 6.45) is 2.47. The monoisotopic (exact) mass is 221 g/mol. The maximum Gasteiger partial charge on any atom is 0.00938 e. The zero-order valence-corrected chi connectivity index (χ0v) is 10.1. The summed E-state index contributed by atoms with van der Waals surface area (Å²) < 4.78 is 0. The Kier molecular flexibility index (Phi) is 3.37. The van der Waals surface area contributed by atoms with Crippen molar-refractivity contribution in [3.63, 3.8) is 0 Å². The van der Waals surface area contributed by atoms with Crippen LogP contribution in [-0.2, 0) is 5.41 Å². The van der Waals surface area contributed by atoms with Gasteiger partial charge < -0.3 is 5.73 Å². The number of rotatable bonds is 2. The summed E-state index contributed by atoms with van der Waals surface area (Å²) in [6, 6.07) is 8.72. The van der Waals surface area contributed by atoms with Crippen LogP contribution in [-0.4, -0.2) is 18.1 Å². The van der Waals surface area contributed by atoms with E-state index in [1.807, 2.05) is 0 Å². The van der Waals surface area contributed by atoms with Gasteiger partial charge in [-0.05, 0) is 42.4 Å². The SMILES string of the molecule is Cc1ccccc1C1(CN)CCSCC1. The Morgan fingerprint density at radius 2 is 1.93 bits per heavy atom. The third-order valence-electron chi connectivity index (χ3n) is 3.56. The summed E-state index contributed by atoms with van der Waals surface area (Å²) >= 11 is 2.06. The molecule has 1 aromatic rings. The van der Waals surface area contributed by atoms with Gasteiger partial charge in [-0.15, -0.1) is 0 Å². The summed E-state index contributed by atoms with van der Waals surface area (Å²) in [7, 11) is 0. The molecule has 0 aliphatic carbocycles. The van der Waals surface area contributed by atoms with Crippen molar-refractivity contribution in [2.75, 3.05) is 18.1 Å². The molecule has 2 rings (SSSR count).